The topological polar surface area (TPSA) is 43.1 Å². The Morgan fingerprint density at radius 3 is 2.93 bits per heavy atom. The van der Waals surface area contributed by atoms with Crippen LogP contribution in [-0.2, 0) is 0 Å². The number of nitrogens with zero attached hydrogens (tertiary/aromatic N) is 1. The van der Waals surface area contributed by atoms with Crippen molar-refractivity contribution < 1.29 is 13.7 Å². The van der Waals surface area contributed by atoms with Crippen LogP contribution in [0, 0.1) is 12.7 Å². The highest BCUT2D eigenvalue weighted by atomic mass is 19.1. The first-order valence-corrected chi connectivity index (χ1v) is 4.40. The molecule has 0 N–H and O–H groups in total. The fourth-order valence-corrected chi connectivity index (χ4v) is 1.36. The maximum absolute atomic E-state index is 12.9. The minimum atomic E-state index is -0.370. The molecule has 1 aromatic carbocycles. The van der Waals surface area contributed by atoms with Crippen LogP contribution in [0.5, 0.6) is 0 Å². The van der Waals surface area contributed by atoms with Crippen LogP contribution < -0.4 is 0 Å². The van der Waals surface area contributed by atoms with Crippen molar-refractivity contribution >= 4 is 6.29 Å². The number of aryl methyl sites for hydroxylation is 1. The molecule has 0 atom stereocenters. The molecule has 0 aliphatic rings. The lowest BCUT2D eigenvalue weighted by atomic mass is 10.1. The summed E-state index contributed by atoms with van der Waals surface area (Å²) in [6, 6.07) is 5.87. The van der Waals surface area contributed by atoms with Gasteiger partial charge in [0.2, 0.25) is 0 Å². The Labute approximate surface area is 85.5 Å². The maximum atomic E-state index is 12.9. The van der Waals surface area contributed by atoms with E-state index in [4.69, 9.17) is 4.52 Å². The van der Waals surface area contributed by atoms with E-state index >= 15 is 0 Å². The van der Waals surface area contributed by atoms with E-state index in [1.54, 1.807) is 19.1 Å². The van der Waals surface area contributed by atoms with Crippen molar-refractivity contribution in [1.82, 2.24) is 5.16 Å². The molecule has 0 saturated carbocycles. The molecule has 76 valence electrons. The number of hydrogen-bond acceptors (Lipinski definition) is 3. The standard InChI is InChI=1S/C11H8FNO2/c1-7-10(6-14)11(13-15-7)8-3-2-4-9(12)5-8/h2-6H,1H3. The van der Waals surface area contributed by atoms with Gasteiger partial charge in [-0.2, -0.15) is 0 Å². The van der Waals surface area contributed by atoms with Crippen LogP contribution >= 0.6 is 0 Å². The average molecular weight is 205 g/mol. The zero-order chi connectivity index (χ0) is 10.8. The predicted molar refractivity (Wildman–Crippen MR) is 52.0 cm³/mol. The highest BCUT2D eigenvalue weighted by Gasteiger charge is 2.13. The molecule has 3 nitrogen and oxygen atoms in total. The molecule has 2 aromatic rings. The number of hydrogen-bond donors (Lipinski definition) is 0. The molecule has 0 fully saturated rings. The van der Waals surface area contributed by atoms with Crippen LogP contribution in [-0.4, -0.2) is 11.4 Å². The first-order chi connectivity index (χ1) is 7.22. The van der Waals surface area contributed by atoms with Gasteiger partial charge < -0.3 is 4.52 Å². The Bertz CT molecular complexity index is 505. The Morgan fingerprint density at radius 2 is 2.27 bits per heavy atom. The minimum Gasteiger partial charge on any atom is -0.360 e. The van der Waals surface area contributed by atoms with Crippen molar-refractivity contribution in [3.05, 3.63) is 41.4 Å². The SMILES string of the molecule is Cc1onc(-c2cccc(F)c2)c1C=O. The van der Waals surface area contributed by atoms with Gasteiger partial charge in [-0.15, -0.1) is 0 Å². The van der Waals surface area contributed by atoms with E-state index in [9.17, 15) is 9.18 Å². The Kier molecular flexibility index (Phi) is 2.33. The number of rotatable bonds is 2. The summed E-state index contributed by atoms with van der Waals surface area (Å²) in [7, 11) is 0. The van der Waals surface area contributed by atoms with Crippen molar-refractivity contribution in [1.29, 1.82) is 0 Å². The Morgan fingerprint density at radius 1 is 1.47 bits per heavy atom. The zero-order valence-electron chi connectivity index (χ0n) is 8.03. The van der Waals surface area contributed by atoms with Crippen LogP contribution in [0.2, 0.25) is 0 Å². The maximum Gasteiger partial charge on any atom is 0.155 e. The van der Waals surface area contributed by atoms with Crippen molar-refractivity contribution in [3.8, 4) is 11.3 Å². The van der Waals surface area contributed by atoms with Gasteiger partial charge in [-0.1, -0.05) is 17.3 Å². The molecule has 0 radical (unpaired) electrons. The van der Waals surface area contributed by atoms with Crippen LogP contribution in [0.25, 0.3) is 11.3 Å². The van der Waals surface area contributed by atoms with E-state index < -0.39 is 0 Å². The molecule has 0 saturated heterocycles. The number of aromatic nitrogens is 1. The third-order valence-corrected chi connectivity index (χ3v) is 2.12. The smallest absolute Gasteiger partial charge is 0.155 e. The summed E-state index contributed by atoms with van der Waals surface area (Å²) < 4.78 is 17.8. The number of carbonyl (C=O) groups is 1. The van der Waals surface area contributed by atoms with E-state index in [-0.39, 0.29) is 5.82 Å². The van der Waals surface area contributed by atoms with Crippen LogP contribution in [0.4, 0.5) is 4.39 Å². The molecule has 0 aliphatic carbocycles. The molecule has 1 heterocycles. The molecule has 0 amide bonds. The van der Waals surface area contributed by atoms with Gasteiger partial charge in [-0.05, 0) is 19.1 Å². The molecule has 0 aliphatic heterocycles. The molecule has 2 rings (SSSR count). The summed E-state index contributed by atoms with van der Waals surface area (Å²) in [4.78, 5) is 10.8. The van der Waals surface area contributed by atoms with Gasteiger partial charge in [0.1, 0.15) is 17.3 Å². The molecule has 0 spiro atoms. The lowest BCUT2D eigenvalue weighted by Crippen LogP contribution is -1.86. The lowest BCUT2D eigenvalue weighted by molar-refractivity contribution is 0.112. The Balaban J connectivity index is 2.58. The first kappa shape index (κ1) is 9.58. The summed E-state index contributed by atoms with van der Waals surface area (Å²) in [6.45, 7) is 1.64. The molecule has 0 bridgehead atoms. The molecule has 0 unspecified atom stereocenters. The predicted octanol–water partition coefficient (Wildman–Crippen LogP) is 2.60. The van der Waals surface area contributed by atoms with E-state index in [2.05, 4.69) is 5.16 Å². The molecule has 1 aromatic heterocycles. The van der Waals surface area contributed by atoms with Gasteiger partial charge >= 0.3 is 0 Å². The van der Waals surface area contributed by atoms with Crippen molar-refractivity contribution in [3.63, 3.8) is 0 Å². The number of aldehydes is 1. The molecular formula is C11H8FNO2. The summed E-state index contributed by atoms with van der Waals surface area (Å²) in [5.74, 6) is 0.0641. The van der Waals surface area contributed by atoms with Gasteiger partial charge in [-0.3, -0.25) is 4.79 Å². The summed E-state index contributed by atoms with van der Waals surface area (Å²) in [5.41, 5.74) is 1.27. The third kappa shape index (κ3) is 1.66. The largest absolute Gasteiger partial charge is 0.360 e. The molecular weight excluding hydrogens is 197 g/mol. The Hall–Kier alpha value is -1.97. The first-order valence-electron chi connectivity index (χ1n) is 4.40. The van der Waals surface area contributed by atoms with Gasteiger partial charge in [0.15, 0.2) is 6.29 Å². The third-order valence-electron chi connectivity index (χ3n) is 2.12. The fourth-order valence-electron chi connectivity index (χ4n) is 1.36. The quantitative estimate of drug-likeness (QED) is 0.708. The van der Waals surface area contributed by atoms with Crippen molar-refractivity contribution in [2.45, 2.75) is 6.92 Å². The normalized spacial score (nSPS) is 10.3. The van der Waals surface area contributed by atoms with Gasteiger partial charge in [0, 0.05) is 5.56 Å². The van der Waals surface area contributed by atoms with E-state index in [0.717, 1.165) is 0 Å². The highest BCUT2D eigenvalue weighted by Crippen LogP contribution is 2.23. The highest BCUT2D eigenvalue weighted by molar-refractivity contribution is 5.86. The summed E-state index contributed by atoms with van der Waals surface area (Å²) >= 11 is 0. The summed E-state index contributed by atoms with van der Waals surface area (Å²) in [5, 5.41) is 3.72. The number of halogens is 1. The van der Waals surface area contributed by atoms with E-state index in [1.165, 1.54) is 12.1 Å². The summed E-state index contributed by atoms with van der Waals surface area (Å²) in [6.07, 6.45) is 0.659. The average Bonchev–Trinajstić information content (AvgIpc) is 2.59. The number of carbonyl (C=O) groups excluding carboxylic acids is 1. The van der Waals surface area contributed by atoms with E-state index in [1.807, 2.05) is 0 Å². The second kappa shape index (κ2) is 3.65. The van der Waals surface area contributed by atoms with E-state index in [0.29, 0.717) is 28.9 Å². The minimum absolute atomic E-state index is 0.362. The van der Waals surface area contributed by atoms with Crippen LogP contribution in [0.1, 0.15) is 16.1 Å². The van der Waals surface area contributed by atoms with Crippen molar-refractivity contribution in [2.75, 3.05) is 0 Å². The monoisotopic (exact) mass is 205 g/mol. The molecule has 4 heteroatoms. The number of benzene rings is 1. The molecule has 15 heavy (non-hydrogen) atoms. The van der Waals surface area contributed by atoms with Crippen molar-refractivity contribution in [2.24, 2.45) is 0 Å². The van der Waals surface area contributed by atoms with Crippen LogP contribution in [0.15, 0.2) is 28.8 Å². The second-order valence-electron chi connectivity index (χ2n) is 3.13. The second-order valence-corrected chi connectivity index (χ2v) is 3.13. The van der Waals surface area contributed by atoms with Gasteiger partial charge in [-0.25, -0.2) is 4.39 Å². The zero-order valence-corrected chi connectivity index (χ0v) is 8.03. The lowest BCUT2D eigenvalue weighted by Gasteiger charge is -1.96. The van der Waals surface area contributed by atoms with Crippen LogP contribution in [0.3, 0.4) is 0 Å². The van der Waals surface area contributed by atoms with Gasteiger partial charge in [0.25, 0.3) is 0 Å². The van der Waals surface area contributed by atoms with Gasteiger partial charge in [0.05, 0.1) is 5.56 Å². The fraction of sp³-hybridized carbons (Fsp3) is 0.0909.